The highest BCUT2D eigenvalue weighted by Gasteiger charge is 2.06. The number of hydrogen-bond acceptors (Lipinski definition) is 4. The van der Waals surface area contributed by atoms with Crippen molar-refractivity contribution in [3.05, 3.63) is 34.6 Å². The predicted octanol–water partition coefficient (Wildman–Crippen LogP) is 2.05. The van der Waals surface area contributed by atoms with Crippen molar-refractivity contribution >= 4 is 11.6 Å². The number of aromatic amines is 1. The highest BCUT2D eigenvalue weighted by molar-refractivity contribution is 6.31. The number of pyridine rings is 1. The lowest BCUT2D eigenvalue weighted by molar-refractivity contribution is 0.275. The maximum absolute atomic E-state index is 8.99. The number of ether oxygens (including phenoxy) is 1. The van der Waals surface area contributed by atoms with Crippen molar-refractivity contribution in [3.63, 3.8) is 0 Å². The maximum atomic E-state index is 8.99. The van der Waals surface area contributed by atoms with Crippen molar-refractivity contribution in [1.82, 2.24) is 15.2 Å². The molecule has 2 aromatic heterocycles. The van der Waals surface area contributed by atoms with Crippen LogP contribution in [0.25, 0.3) is 0 Å². The summed E-state index contributed by atoms with van der Waals surface area (Å²) >= 11 is 5.80. The summed E-state index contributed by atoms with van der Waals surface area (Å²) in [4.78, 5) is 4.04. The summed E-state index contributed by atoms with van der Waals surface area (Å²) in [5.74, 6) is 0.774. The smallest absolute Gasteiger partial charge is 0.240 e. The predicted molar refractivity (Wildman–Crippen MR) is 58.6 cm³/mol. The van der Waals surface area contributed by atoms with Gasteiger partial charge in [-0.3, -0.25) is 5.10 Å². The van der Waals surface area contributed by atoms with Crippen LogP contribution in [0.1, 0.15) is 11.4 Å². The summed E-state index contributed by atoms with van der Waals surface area (Å²) in [6.45, 7) is 1.64. The second kappa shape index (κ2) is 4.51. The molecule has 5 nitrogen and oxygen atoms in total. The number of aromatic nitrogens is 3. The van der Waals surface area contributed by atoms with E-state index in [1.807, 2.05) is 6.92 Å². The van der Waals surface area contributed by atoms with Crippen molar-refractivity contribution in [2.45, 2.75) is 13.5 Å². The first-order valence-electron chi connectivity index (χ1n) is 4.65. The largest absolute Gasteiger partial charge is 0.419 e. The topological polar surface area (TPSA) is 71.0 Å². The molecule has 2 rings (SSSR count). The number of hydrogen-bond donors (Lipinski definition) is 2. The Hall–Kier alpha value is -1.59. The zero-order valence-corrected chi connectivity index (χ0v) is 9.32. The Labute approximate surface area is 97.0 Å². The van der Waals surface area contributed by atoms with Gasteiger partial charge in [0.05, 0.1) is 17.3 Å². The first kappa shape index (κ1) is 10.9. The minimum absolute atomic E-state index is 0.227. The van der Waals surface area contributed by atoms with E-state index in [0.29, 0.717) is 22.5 Å². The van der Waals surface area contributed by atoms with Gasteiger partial charge in [0.1, 0.15) is 0 Å². The van der Waals surface area contributed by atoms with Gasteiger partial charge in [-0.15, -0.1) is 5.10 Å². The number of H-pyrrole nitrogens is 1. The van der Waals surface area contributed by atoms with Crippen LogP contribution in [0.3, 0.4) is 0 Å². The van der Waals surface area contributed by atoms with Crippen LogP contribution >= 0.6 is 11.6 Å². The van der Waals surface area contributed by atoms with Crippen LogP contribution in [-0.4, -0.2) is 20.3 Å². The molecule has 0 aliphatic carbocycles. The molecule has 0 aromatic carbocycles. The molecule has 6 heteroatoms. The van der Waals surface area contributed by atoms with Crippen molar-refractivity contribution in [1.29, 1.82) is 0 Å². The first-order valence-corrected chi connectivity index (χ1v) is 5.03. The molecule has 2 N–H and O–H groups in total. The highest BCUT2D eigenvalue weighted by atomic mass is 35.5. The highest BCUT2D eigenvalue weighted by Crippen LogP contribution is 2.22. The lowest BCUT2D eigenvalue weighted by Gasteiger charge is -2.03. The van der Waals surface area contributed by atoms with Gasteiger partial charge in [0, 0.05) is 17.8 Å². The summed E-state index contributed by atoms with van der Waals surface area (Å²) in [6.07, 6.45) is 0. The Bertz CT molecular complexity index is 499. The summed E-state index contributed by atoms with van der Waals surface area (Å²) in [5.41, 5.74) is 1.28. The Morgan fingerprint density at radius 1 is 1.44 bits per heavy atom. The zero-order chi connectivity index (χ0) is 11.5. The van der Waals surface area contributed by atoms with E-state index in [2.05, 4.69) is 15.2 Å². The van der Waals surface area contributed by atoms with E-state index < -0.39 is 0 Å². The van der Waals surface area contributed by atoms with E-state index in [-0.39, 0.29) is 6.61 Å². The molecule has 0 radical (unpaired) electrons. The van der Waals surface area contributed by atoms with E-state index in [0.717, 1.165) is 5.69 Å². The summed E-state index contributed by atoms with van der Waals surface area (Å²) < 4.78 is 5.37. The zero-order valence-electron chi connectivity index (χ0n) is 8.57. The Kier molecular flexibility index (Phi) is 3.07. The third-order valence-electron chi connectivity index (χ3n) is 1.93. The van der Waals surface area contributed by atoms with Crippen molar-refractivity contribution in [2.75, 3.05) is 0 Å². The average molecular weight is 240 g/mol. The van der Waals surface area contributed by atoms with Gasteiger partial charge in [-0.2, -0.15) is 0 Å². The fourth-order valence-electron chi connectivity index (χ4n) is 1.18. The van der Waals surface area contributed by atoms with Gasteiger partial charge in [-0.05, 0) is 13.0 Å². The van der Waals surface area contributed by atoms with Crippen LogP contribution < -0.4 is 4.74 Å². The summed E-state index contributed by atoms with van der Waals surface area (Å²) in [7, 11) is 0. The number of aryl methyl sites for hydroxylation is 1. The Balaban J connectivity index is 2.21. The molecule has 0 amide bonds. The number of rotatable bonds is 3. The molecular weight excluding hydrogens is 230 g/mol. The number of halogens is 1. The van der Waals surface area contributed by atoms with Crippen LogP contribution in [0.2, 0.25) is 5.02 Å². The molecule has 0 saturated heterocycles. The molecule has 0 unspecified atom stereocenters. The maximum Gasteiger partial charge on any atom is 0.240 e. The summed E-state index contributed by atoms with van der Waals surface area (Å²) in [6, 6.07) is 4.98. The molecule has 0 fully saturated rings. The van der Waals surface area contributed by atoms with Gasteiger partial charge < -0.3 is 9.84 Å². The number of aliphatic hydroxyl groups excluding tert-OH is 1. The van der Waals surface area contributed by atoms with Crippen molar-refractivity contribution in [3.8, 4) is 11.8 Å². The lowest BCUT2D eigenvalue weighted by Crippen LogP contribution is -1.94. The molecule has 0 spiro atoms. The third kappa shape index (κ3) is 2.32. The average Bonchev–Trinajstić information content (AvgIpc) is 2.67. The van der Waals surface area contributed by atoms with Gasteiger partial charge in [-0.1, -0.05) is 11.6 Å². The first-order chi connectivity index (χ1) is 7.69. The molecule has 84 valence electrons. The molecule has 2 aromatic rings. The monoisotopic (exact) mass is 239 g/mol. The van der Waals surface area contributed by atoms with Gasteiger partial charge in [0.15, 0.2) is 0 Å². The normalized spacial score (nSPS) is 10.4. The fraction of sp³-hybridized carbons (Fsp3) is 0.200. The van der Waals surface area contributed by atoms with E-state index in [1.165, 1.54) is 0 Å². The van der Waals surface area contributed by atoms with Crippen LogP contribution in [0, 0.1) is 6.92 Å². The molecular formula is C10H10ClN3O2. The second-order valence-electron chi connectivity index (χ2n) is 3.23. The third-order valence-corrected chi connectivity index (χ3v) is 2.28. The Morgan fingerprint density at radius 3 is 2.88 bits per heavy atom. The van der Waals surface area contributed by atoms with Gasteiger partial charge >= 0.3 is 0 Å². The Morgan fingerprint density at radius 2 is 2.25 bits per heavy atom. The van der Waals surface area contributed by atoms with Crippen LogP contribution in [0.4, 0.5) is 0 Å². The number of nitrogens with one attached hydrogen (secondary N) is 1. The van der Waals surface area contributed by atoms with Crippen molar-refractivity contribution in [2.24, 2.45) is 0 Å². The van der Waals surface area contributed by atoms with Crippen LogP contribution in [0.15, 0.2) is 18.2 Å². The SMILES string of the molecule is Cc1cc(Oc2ccc(Cl)c(CO)n2)n[nH]1. The van der Waals surface area contributed by atoms with Crippen LogP contribution in [-0.2, 0) is 6.61 Å². The molecule has 0 aliphatic rings. The molecule has 0 atom stereocenters. The molecule has 2 heterocycles. The minimum Gasteiger partial charge on any atom is -0.419 e. The van der Waals surface area contributed by atoms with Crippen molar-refractivity contribution < 1.29 is 9.84 Å². The minimum atomic E-state index is -0.227. The quantitative estimate of drug-likeness (QED) is 0.860. The second-order valence-corrected chi connectivity index (χ2v) is 3.63. The van der Waals surface area contributed by atoms with E-state index in [4.69, 9.17) is 21.4 Å². The summed E-state index contributed by atoms with van der Waals surface area (Å²) in [5, 5.41) is 16.1. The van der Waals surface area contributed by atoms with Gasteiger partial charge in [-0.25, -0.2) is 4.98 Å². The number of nitrogens with zero attached hydrogens (tertiary/aromatic N) is 2. The fourth-order valence-corrected chi connectivity index (χ4v) is 1.35. The molecule has 0 bridgehead atoms. The van der Waals surface area contributed by atoms with Gasteiger partial charge in [0.2, 0.25) is 11.8 Å². The van der Waals surface area contributed by atoms with E-state index >= 15 is 0 Å². The van der Waals surface area contributed by atoms with E-state index in [9.17, 15) is 0 Å². The molecule has 16 heavy (non-hydrogen) atoms. The van der Waals surface area contributed by atoms with Crippen LogP contribution in [0.5, 0.6) is 11.8 Å². The molecule has 0 saturated carbocycles. The van der Waals surface area contributed by atoms with E-state index in [1.54, 1.807) is 18.2 Å². The van der Waals surface area contributed by atoms with Gasteiger partial charge in [0.25, 0.3) is 0 Å². The lowest BCUT2D eigenvalue weighted by atomic mass is 10.3. The standard InChI is InChI=1S/C10H10ClN3O2/c1-6-4-10(14-13-6)16-9-3-2-7(11)8(5-15)12-9/h2-4,15H,5H2,1H3,(H,13,14). The number of aliphatic hydroxyl groups is 1. The molecule has 0 aliphatic heterocycles.